The number of aromatic amines is 1. The second kappa shape index (κ2) is 4.71. The van der Waals surface area contributed by atoms with Gasteiger partial charge in [-0.2, -0.15) is 0 Å². The van der Waals surface area contributed by atoms with Crippen molar-refractivity contribution in [3.63, 3.8) is 0 Å². The number of hydrogen-bond acceptors (Lipinski definition) is 1. The van der Waals surface area contributed by atoms with E-state index in [-0.39, 0.29) is 0 Å². The molecule has 0 saturated heterocycles. The van der Waals surface area contributed by atoms with Crippen LogP contribution in [0.2, 0.25) is 0 Å². The summed E-state index contributed by atoms with van der Waals surface area (Å²) in [6, 6.07) is 8.48. The van der Waals surface area contributed by atoms with Crippen LogP contribution in [0, 0.1) is 25.5 Å². The number of hydrogen-bond donors (Lipinski definition) is 1. The largest absolute Gasteiger partial charge is 0.342 e. The van der Waals surface area contributed by atoms with Gasteiger partial charge in [-0.15, -0.1) is 0 Å². The zero-order chi connectivity index (χ0) is 14.3. The number of halogens is 2. The number of aryl methyl sites for hydroxylation is 2. The molecule has 0 saturated carbocycles. The highest BCUT2D eigenvalue weighted by molar-refractivity contribution is 5.75. The highest BCUT2D eigenvalue weighted by Gasteiger charge is 2.10. The Morgan fingerprint density at radius 2 is 1.80 bits per heavy atom. The van der Waals surface area contributed by atoms with Gasteiger partial charge in [0.25, 0.3) is 0 Å². The number of fused-ring (bicyclic) bond motifs is 1. The Labute approximate surface area is 115 Å². The van der Waals surface area contributed by atoms with Gasteiger partial charge in [0.1, 0.15) is 5.82 Å². The molecule has 2 aromatic carbocycles. The van der Waals surface area contributed by atoms with Crippen LogP contribution < -0.4 is 0 Å². The van der Waals surface area contributed by atoms with E-state index in [2.05, 4.69) is 28.2 Å². The molecular weight excluding hydrogens is 258 g/mol. The predicted octanol–water partition coefficient (Wildman–Crippen LogP) is 4.05. The lowest BCUT2D eigenvalue weighted by molar-refractivity contribution is 0.510. The minimum Gasteiger partial charge on any atom is -0.342 e. The molecule has 0 amide bonds. The second-order valence-corrected chi connectivity index (χ2v) is 5.07. The highest BCUT2D eigenvalue weighted by atomic mass is 19.2. The van der Waals surface area contributed by atoms with Gasteiger partial charge in [0.05, 0.1) is 11.0 Å². The van der Waals surface area contributed by atoms with Crippen LogP contribution in [0.5, 0.6) is 0 Å². The first-order chi connectivity index (χ1) is 9.52. The molecule has 0 bridgehead atoms. The summed E-state index contributed by atoms with van der Waals surface area (Å²) in [7, 11) is 0. The molecular formula is C16H14F2N2. The molecule has 0 radical (unpaired) electrons. The van der Waals surface area contributed by atoms with Crippen LogP contribution in [-0.2, 0) is 6.42 Å². The highest BCUT2D eigenvalue weighted by Crippen LogP contribution is 2.19. The van der Waals surface area contributed by atoms with Crippen molar-refractivity contribution in [2.75, 3.05) is 0 Å². The third-order valence-corrected chi connectivity index (χ3v) is 3.44. The lowest BCUT2D eigenvalue weighted by Crippen LogP contribution is -1.94. The SMILES string of the molecule is Cc1ccc(C)c(Cc2nc3cc(F)c(F)cc3[nH]2)c1. The van der Waals surface area contributed by atoms with E-state index >= 15 is 0 Å². The van der Waals surface area contributed by atoms with Crippen LogP contribution in [-0.4, -0.2) is 9.97 Å². The van der Waals surface area contributed by atoms with E-state index in [1.807, 2.05) is 13.8 Å². The van der Waals surface area contributed by atoms with Gasteiger partial charge in [0, 0.05) is 18.6 Å². The lowest BCUT2D eigenvalue weighted by Gasteiger charge is -2.04. The molecule has 0 aliphatic heterocycles. The number of aromatic nitrogens is 2. The molecule has 2 nitrogen and oxygen atoms in total. The van der Waals surface area contributed by atoms with Crippen molar-refractivity contribution >= 4 is 11.0 Å². The van der Waals surface area contributed by atoms with Crippen LogP contribution in [0.15, 0.2) is 30.3 Å². The Bertz CT molecular complexity index is 752. The predicted molar refractivity (Wildman–Crippen MR) is 74.7 cm³/mol. The molecule has 20 heavy (non-hydrogen) atoms. The van der Waals surface area contributed by atoms with Crippen molar-refractivity contribution in [1.82, 2.24) is 9.97 Å². The van der Waals surface area contributed by atoms with Gasteiger partial charge in [-0.3, -0.25) is 0 Å². The van der Waals surface area contributed by atoms with Gasteiger partial charge in [0.2, 0.25) is 0 Å². The van der Waals surface area contributed by atoms with Crippen LogP contribution >= 0.6 is 0 Å². The summed E-state index contributed by atoms with van der Waals surface area (Å²) >= 11 is 0. The van der Waals surface area contributed by atoms with Crippen molar-refractivity contribution in [2.24, 2.45) is 0 Å². The van der Waals surface area contributed by atoms with Crippen LogP contribution in [0.25, 0.3) is 11.0 Å². The molecule has 0 spiro atoms. The Kier molecular flexibility index (Phi) is 3.01. The van der Waals surface area contributed by atoms with Gasteiger partial charge >= 0.3 is 0 Å². The van der Waals surface area contributed by atoms with E-state index in [9.17, 15) is 8.78 Å². The number of benzene rings is 2. The quantitative estimate of drug-likeness (QED) is 0.749. The Morgan fingerprint density at radius 1 is 1.05 bits per heavy atom. The second-order valence-electron chi connectivity index (χ2n) is 5.07. The maximum atomic E-state index is 13.2. The van der Waals surface area contributed by atoms with Crippen molar-refractivity contribution in [3.8, 4) is 0 Å². The van der Waals surface area contributed by atoms with Crippen LogP contribution in [0.3, 0.4) is 0 Å². The maximum absolute atomic E-state index is 13.2. The molecule has 3 rings (SSSR count). The Hall–Kier alpha value is -2.23. The average Bonchev–Trinajstić information content (AvgIpc) is 2.76. The Balaban J connectivity index is 2.00. The summed E-state index contributed by atoms with van der Waals surface area (Å²) in [5, 5.41) is 0. The lowest BCUT2D eigenvalue weighted by atomic mass is 10.0. The van der Waals surface area contributed by atoms with E-state index < -0.39 is 11.6 Å². The fraction of sp³-hybridized carbons (Fsp3) is 0.188. The number of rotatable bonds is 2. The van der Waals surface area contributed by atoms with E-state index in [0.29, 0.717) is 23.3 Å². The molecule has 0 aliphatic carbocycles. The fourth-order valence-corrected chi connectivity index (χ4v) is 2.31. The third kappa shape index (κ3) is 2.29. The number of imidazole rings is 1. The first-order valence-corrected chi connectivity index (χ1v) is 6.43. The van der Waals surface area contributed by atoms with Gasteiger partial charge in [-0.05, 0) is 25.0 Å². The van der Waals surface area contributed by atoms with Gasteiger partial charge in [-0.1, -0.05) is 23.8 Å². The summed E-state index contributed by atoms with van der Waals surface area (Å²) in [5.41, 5.74) is 4.48. The molecule has 4 heteroatoms. The number of nitrogens with zero attached hydrogens (tertiary/aromatic N) is 1. The molecule has 0 unspecified atom stereocenters. The van der Waals surface area contributed by atoms with Crippen molar-refractivity contribution in [3.05, 3.63) is 64.5 Å². The van der Waals surface area contributed by atoms with Crippen molar-refractivity contribution in [2.45, 2.75) is 20.3 Å². The smallest absolute Gasteiger partial charge is 0.161 e. The summed E-state index contributed by atoms with van der Waals surface area (Å²) in [4.78, 5) is 7.36. The zero-order valence-corrected chi connectivity index (χ0v) is 11.3. The van der Waals surface area contributed by atoms with Crippen molar-refractivity contribution < 1.29 is 8.78 Å². The van der Waals surface area contributed by atoms with E-state index in [1.165, 1.54) is 11.1 Å². The normalized spacial score (nSPS) is 11.2. The minimum absolute atomic E-state index is 0.448. The molecule has 0 aliphatic rings. The molecule has 0 fully saturated rings. The number of nitrogens with one attached hydrogen (secondary N) is 1. The van der Waals surface area contributed by atoms with Gasteiger partial charge in [0.15, 0.2) is 11.6 Å². The average molecular weight is 272 g/mol. The summed E-state index contributed by atoms with van der Waals surface area (Å²) in [5.74, 6) is -1.03. The summed E-state index contributed by atoms with van der Waals surface area (Å²) in [6.45, 7) is 4.07. The number of H-pyrrole nitrogens is 1. The Morgan fingerprint density at radius 3 is 2.60 bits per heavy atom. The topological polar surface area (TPSA) is 28.7 Å². The van der Waals surface area contributed by atoms with Gasteiger partial charge in [-0.25, -0.2) is 13.8 Å². The molecule has 1 N–H and O–H groups in total. The maximum Gasteiger partial charge on any atom is 0.161 e. The molecule has 1 heterocycles. The third-order valence-electron chi connectivity index (χ3n) is 3.44. The molecule has 1 aromatic heterocycles. The summed E-state index contributed by atoms with van der Waals surface area (Å²) < 4.78 is 26.4. The molecule has 0 atom stereocenters. The van der Waals surface area contributed by atoms with E-state index in [4.69, 9.17) is 0 Å². The van der Waals surface area contributed by atoms with Gasteiger partial charge < -0.3 is 4.98 Å². The first-order valence-electron chi connectivity index (χ1n) is 6.43. The first kappa shape index (κ1) is 12.8. The monoisotopic (exact) mass is 272 g/mol. The zero-order valence-electron chi connectivity index (χ0n) is 11.3. The van der Waals surface area contributed by atoms with E-state index in [0.717, 1.165) is 17.7 Å². The fourth-order valence-electron chi connectivity index (χ4n) is 2.31. The van der Waals surface area contributed by atoms with Crippen LogP contribution in [0.4, 0.5) is 8.78 Å². The van der Waals surface area contributed by atoms with Crippen LogP contribution in [0.1, 0.15) is 22.5 Å². The summed E-state index contributed by atoms with van der Waals surface area (Å²) in [6.07, 6.45) is 0.616. The van der Waals surface area contributed by atoms with E-state index in [1.54, 1.807) is 0 Å². The van der Waals surface area contributed by atoms with Crippen molar-refractivity contribution in [1.29, 1.82) is 0 Å². The molecule has 102 valence electrons. The molecule has 3 aromatic rings. The standard InChI is InChI=1S/C16H14F2N2/c1-9-3-4-10(2)11(5-9)6-16-19-14-7-12(17)13(18)8-15(14)20-16/h3-5,7-8H,6H2,1-2H3,(H,19,20). The minimum atomic E-state index is -0.873.